The van der Waals surface area contributed by atoms with Crippen molar-refractivity contribution in [2.75, 3.05) is 26.2 Å². The largest absolute Gasteiger partial charge is 0.449 e. The van der Waals surface area contributed by atoms with Crippen molar-refractivity contribution >= 4 is 6.09 Å². The van der Waals surface area contributed by atoms with Gasteiger partial charge in [0.2, 0.25) is 0 Å². The summed E-state index contributed by atoms with van der Waals surface area (Å²) in [6.45, 7) is 1.03. The fourth-order valence-corrected chi connectivity index (χ4v) is 2.03. The molecule has 6 heteroatoms. The minimum atomic E-state index is -2.72. The minimum Gasteiger partial charge on any atom is -0.449 e. The highest BCUT2D eigenvalue weighted by Gasteiger charge is 2.40. The van der Waals surface area contributed by atoms with Crippen LogP contribution in [0.4, 0.5) is 13.6 Å². The van der Waals surface area contributed by atoms with E-state index in [2.05, 4.69) is 5.32 Å². The molecule has 1 unspecified atom stereocenters. The van der Waals surface area contributed by atoms with Gasteiger partial charge in [-0.25, -0.2) is 13.6 Å². The molecule has 0 aliphatic carbocycles. The maximum absolute atomic E-state index is 13.1. The third-order valence-electron chi connectivity index (χ3n) is 2.74. The summed E-state index contributed by atoms with van der Waals surface area (Å²) in [5, 5.41) is 2.64. The molecule has 0 aromatic rings. The van der Waals surface area contributed by atoms with Crippen LogP contribution in [0.1, 0.15) is 12.8 Å². The Kier molecular flexibility index (Phi) is 2.77. The maximum Gasteiger partial charge on any atom is 0.410 e. The monoisotopic (exact) mass is 220 g/mol. The first-order chi connectivity index (χ1) is 7.08. The van der Waals surface area contributed by atoms with Crippen LogP contribution in [0.2, 0.25) is 0 Å². The molecule has 1 N–H and O–H groups in total. The Labute approximate surface area is 86.6 Å². The number of carbonyl (C=O) groups is 1. The van der Waals surface area contributed by atoms with Crippen molar-refractivity contribution < 1.29 is 18.3 Å². The van der Waals surface area contributed by atoms with Crippen molar-refractivity contribution in [1.29, 1.82) is 0 Å². The number of hydrogen-bond acceptors (Lipinski definition) is 3. The molecule has 1 amide bonds. The number of nitrogens with one attached hydrogen (secondary N) is 1. The second kappa shape index (κ2) is 3.92. The Balaban J connectivity index is 2.00. The zero-order valence-electron chi connectivity index (χ0n) is 8.34. The summed E-state index contributed by atoms with van der Waals surface area (Å²) in [6, 6.07) is -0.443. The normalized spacial score (nSPS) is 31.2. The summed E-state index contributed by atoms with van der Waals surface area (Å²) < 4.78 is 31.0. The average molecular weight is 220 g/mol. The number of amides is 1. The van der Waals surface area contributed by atoms with Gasteiger partial charge in [0.05, 0.1) is 19.2 Å². The lowest BCUT2D eigenvalue weighted by molar-refractivity contribution is -0.0537. The van der Waals surface area contributed by atoms with Gasteiger partial charge in [0.1, 0.15) is 0 Å². The number of cyclic esters (lactones) is 1. The van der Waals surface area contributed by atoms with E-state index in [0.29, 0.717) is 26.1 Å². The van der Waals surface area contributed by atoms with Gasteiger partial charge in [-0.2, -0.15) is 0 Å². The van der Waals surface area contributed by atoms with Crippen LogP contribution in [-0.4, -0.2) is 49.2 Å². The predicted octanol–water partition coefficient (Wildman–Crippen LogP) is 0.826. The van der Waals surface area contributed by atoms with Gasteiger partial charge in [0, 0.05) is 19.5 Å². The fourth-order valence-electron chi connectivity index (χ4n) is 2.03. The van der Waals surface area contributed by atoms with Gasteiger partial charge < -0.3 is 15.0 Å². The summed E-state index contributed by atoms with van der Waals surface area (Å²) in [7, 11) is 0. The van der Waals surface area contributed by atoms with E-state index in [1.165, 1.54) is 4.90 Å². The molecule has 0 aromatic heterocycles. The zero-order chi connectivity index (χ0) is 10.9. The van der Waals surface area contributed by atoms with E-state index >= 15 is 0 Å². The average Bonchev–Trinajstić information content (AvgIpc) is 2.17. The minimum absolute atomic E-state index is 0.269. The lowest BCUT2D eigenvalue weighted by Crippen LogP contribution is -2.56. The first-order valence-electron chi connectivity index (χ1n) is 5.10. The Morgan fingerprint density at radius 3 is 3.00 bits per heavy atom. The van der Waals surface area contributed by atoms with Gasteiger partial charge in [-0.05, 0) is 6.42 Å². The predicted molar refractivity (Wildman–Crippen MR) is 48.9 cm³/mol. The molecule has 0 aromatic carbocycles. The Morgan fingerprint density at radius 2 is 2.33 bits per heavy atom. The van der Waals surface area contributed by atoms with Crippen molar-refractivity contribution in [3.8, 4) is 0 Å². The molecule has 86 valence electrons. The molecule has 0 saturated carbocycles. The van der Waals surface area contributed by atoms with E-state index in [1.807, 2.05) is 0 Å². The summed E-state index contributed by atoms with van der Waals surface area (Å²) in [4.78, 5) is 12.7. The van der Waals surface area contributed by atoms with Gasteiger partial charge >= 0.3 is 6.09 Å². The zero-order valence-corrected chi connectivity index (χ0v) is 8.34. The summed E-state index contributed by atoms with van der Waals surface area (Å²) in [5.41, 5.74) is 0. The van der Waals surface area contributed by atoms with Crippen molar-refractivity contribution in [2.45, 2.75) is 24.8 Å². The van der Waals surface area contributed by atoms with Gasteiger partial charge in [-0.15, -0.1) is 0 Å². The van der Waals surface area contributed by atoms with Crippen molar-refractivity contribution in [3.63, 3.8) is 0 Å². The molecular weight excluding hydrogens is 206 g/mol. The molecule has 2 aliphatic rings. The number of carbonyl (C=O) groups excluding carboxylic acids is 1. The van der Waals surface area contributed by atoms with E-state index in [-0.39, 0.29) is 13.0 Å². The number of alkyl halides is 2. The van der Waals surface area contributed by atoms with Gasteiger partial charge in [0.25, 0.3) is 5.92 Å². The topological polar surface area (TPSA) is 41.6 Å². The second-order valence-corrected chi connectivity index (χ2v) is 4.01. The number of piperidine rings is 1. The molecule has 2 saturated heterocycles. The highest BCUT2D eigenvalue weighted by atomic mass is 19.3. The standard InChI is InChI=1S/C9H14F2N2O2/c10-9(11)4-7(5-12-6-9)13-2-1-3-15-8(13)14/h7,12H,1-6H2. The molecule has 2 rings (SSSR count). The second-order valence-electron chi connectivity index (χ2n) is 4.01. The van der Waals surface area contributed by atoms with Crippen LogP contribution >= 0.6 is 0 Å². The van der Waals surface area contributed by atoms with Gasteiger partial charge in [-0.1, -0.05) is 0 Å². The number of rotatable bonds is 1. The van der Waals surface area contributed by atoms with Gasteiger partial charge in [-0.3, -0.25) is 0 Å². The van der Waals surface area contributed by atoms with E-state index in [9.17, 15) is 13.6 Å². The SMILES string of the molecule is O=C1OCCCN1C1CNCC(F)(F)C1. The third kappa shape index (κ3) is 2.37. The highest BCUT2D eigenvalue weighted by molar-refractivity contribution is 5.68. The molecule has 2 fully saturated rings. The van der Waals surface area contributed by atoms with Crippen LogP contribution in [0.25, 0.3) is 0 Å². The first-order valence-corrected chi connectivity index (χ1v) is 5.10. The van der Waals surface area contributed by atoms with Crippen LogP contribution in [0.5, 0.6) is 0 Å². The van der Waals surface area contributed by atoms with Crippen LogP contribution in [-0.2, 0) is 4.74 Å². The van der Waals surface area contributed by atoms with Gasteiger partial charge in [0.15, 0.2) is 0 Å². The van der Waals surface area contributed by atoms with E-state index in [1.54, 1.807) is 0 Å². The molecule has 2 heterocycles. The van der Waals surface area contributed by atoms with E-state index < -0.39 is 18.1 Å². The fraction of sp³-hybridized carbons (Fsp3) is 0.889. The summed E-state index contributed by atoms with van der Waals surface area (Å²) in [5.74, 6) is -2.72. The number of nitrogens with zero attached hydrogens (tertiary/aromatic N) is 1. The molecule has 0 spiro atoms. The van der Waals surface area contributed by atoms with Crippen molar-refractivity contribution in [1.82, 2.24) is 10.2 Å². The van der Waals surface area contributed by atoms with Crippen molar-refractivity contribution in [3.05, 3.63) is 0 Å². The molecule has 0 radical (unpaired) electrons. The summed E-state index contributed by atoms with van der Waals surface area (Å²) >= 11 is 0. The van der Waals surface area contributed by atoms with Crippen LogP contribution < -0.4 is 5.32 Å². The quantitative estimate of drug-likeness (QED) is 0.711. The van der Waals surface area contributed by atoms with Crippen LogP contribution in [0.3, 0.4) is 0 Å². The number of ether oxygens (including phenoxy) is 1. The Morgan fingerprint density at radius 1 is 1.53 bits per heavy atom. The first kappa shape index (κ1) is 10.6. The van der Waals surface area contributed by atoms with Crippen molar-refractivity contribution in [2.24, 2.45) is 0 Å². The Bertz CT molecular complexity index is 260. The molecule has 0 bridgehead atoms. The lowest BCUT2D eigenvalue weighted by atomic mass is 10.0. The molecule has 4 nitrogen and oxygen atoms in total. The van der Waals surface area contributed by atoms with Crippen LogP contribution in [0.15, 0.2) is 0 Å². The Hall–Kier alpha value is -0.910. The lowest BCUT2D eigenvalue weighted by Gasteiger charge is -2.38. The molecule has 15 heavy (non-hydrogen) atoms. The summed E-state index contributed by atoms with van der Waals surface area (Å²) in [6.07, 6.45) is -0.0196. The third-order valence-corrected chi connectivity index (χ3v) is 2.74. The van der Waals surface area contributed by atoms with E-state index in [4.69, 9.17) is 4.74 Å². The number of halogens is 2. The van der Waals surface area contributed by atoms with E-state index in [0.717, 1.165) is 0 Å². The smallest absolute Gasteiger partial charge is 0.410 e. The van der Waals surface area contributed by atoms with Crippen LogP contribution in [0, 0.1) is 0 Å². The number of hydrogen-bond donors (Lipinski definition) is 1. The molecular formula is C9H14F2N2O2. The maximum atomic E-state index is 13.1. The molecule has 1 atom stereocenters. The highest BCUT2D eigenvalue weighted by Crippen LogP contribution is 2.26. The molecule has 2 aliphatic heterocycles.